The van der Waals surface area contributed by atoms with Crippen molar-refractivity contribution in [1.82, 2.24) is 20.2 Å². The van der Waals surface area contributed by atoms with Crippen LogP contribution in [-0.4, -0.2) is 40.5 Å². The van der Waals surface area contributed by atoms with Crippen LogP contribution >= 0.6 is 0 Å². The van der Waals surface area contributed by atoms with Gasteiger partial charge in [-0.2, -0.15) is 13.2 Å². The lowest BCUT2D eigenvalue weighted by molar-refractivity contribution is -0.137. The molecule has 0 spiro atoms. The number of likely N-dealkylation sites (tertiary alicyclic amines) is 1. The highest BCUT2D eigenvalue weighted by Gasteiger charge is 2.31. The van der Waals surface area contributed by atoms with Gasteiger partial charge in [0.2, 0.25) is 0 Å². The molecule has 3 rings (SSSR count). The molecule has 1 aliphatic rings. The summed E-state index contributed by atoms with van der Waals surface area (Å²) >= 11 is 0. The Balaban J connectivity index is 1.80. The molecule has 1 aliphatic heterocycles. The molecule has 7 heteroatoms. The minimum absolute atomic E-state index is 0.274. The summed E-state index contributed by atoms with van der Waals surface area (Å²) in [7, 11) is 0. The molecular formula is C19H23F3N4. The Morgan fingerprint density at radius 2 is 1.85 bits per heavy atom. The van der Waals surface area contributed by atoms with Crippen molar-refractivity contribution in [2.24, 2.45) is 0 Å². The van der Waals surface area contributed by atoms with Crippen LogP contribution in [0.1, 0.15) is 42.6 Å². The predicted molar refractivity (Wildman–Crippen MR) is 93.6 cm³/mol. The average molecular weight is 364 g/mol. The standard InChI is InChI=1S/C19H23F3N4/c1-2-26-11-7-16(8-12-26)25-18(17-13-23-9-10-24-17)14-3-5-15(6-4-14)19(20,21)22/h3-6,9-10,13,16,18,25H,2,7-8,11-12H2,1H3. The van der Waals surface area contributed by atoms with E-state index in [2.05, 4.69) is 27.1 Å². The monoisotopic (exact) mass is 364 g/mol. The van der Waals surface area contributed by atoms with E-state index >= 15 is 0 Å². The van der Waals surface area contributed by atoms with Crippen molar-refractivity contribution in [3.05, 3.63) is 59.7 Å². The van der Waals surface area contributed by atoms with Crippen molar-refractivity contribution in [2.45, 2.75) is 38.0 Å². The Labute approximate surface area is 151 Å². The van der Waals surface area contributed by atoms with Gasteiger partial charge in [0.1, 0.15) is 0 Å². The molecule has 1 aromatic heterocycles. The van der Waals surface area contributed by atoms with Crippen LogP contribution in [-0.2, 0) is 6.18 Å². The maximum atomic E-state index is 12.8. The van der Waals surface area contributed by atoms with Crippen LogP contribution in [0.2, 0.25) is 0 Å². The second-order valence-corrected chi connectivity index (χ2v) is 6.56. The molecule has 4 nitrogen and oxygen atoms in total. The Kier molecular flexibility index (Phi) is 5.88. The van der Waals surface area contributed by atoms with Crippen LogP contribution in [0.15, 0.2) is 42.9 Å². The van der Waals surface area contributed by atoms with E-state index in [-0.39, 0.29) is 6.04 Å². The van der Waals surface area contributed by atoms with E-state index in [9.17, 15) is 13.2 Å². The highest BCUT2D eigenvalue weighted by molar-refractivity contribution is 5.31. The summed E-state index contributed by atoms with van der Waals surface area (Å²) in [5.41, 5.74) is 0.831. The average Bonchev–Trinajstić information content (AvgIpc) is 2.67. The van der Waals surface area contributed by atoms with Crippen molar-refractivity contribution in [2.75, 3.05) is 19.6 Å². The van der Waals surface area contributed by atoms with Crippen molar-refractivity contribution in [3.8, 4) is 0 Å². The molecule has 2 heterocycles. The van der Waals surface area contributed by atoms with E-state index < -0.39 is 11.7 Å². The smallest absolute Gasteiger partial charge is 0.303 e. The van der Waals surface area contributed by atoms with Crippen LogP contribution in [0, 0.1) is 0 Å². The third-order valence-corrected chi connectivity index (χ3v) is 4.89. The Morgan fingerprint density at radius 1 is 1.15 bits per heavy atom. The van der Waals surface area contributed by atoms with E-state index in [1.54, 1.807) is 18.6 Å². The lowest BCUT2D eigenvalue weighted by Gasteiger charge is -2.34. The van der Waals surface area contributed by atoms with Gasteiger partial charge in [-0.1, -0.05) is 19.1 Å². The highest BCUT2D eigenvalue weighted by atomic mass is 19.4. The van der Waals surface area contributed by atoms with E-state index in [1.165, 1.54) is 12.1 Å². The summed E-state index contributed by atoms with van der Waals surface area (Å²) in [6.45, 7) is 5.24. The van der Waals surface area contributed by atoms with Crippen molar-refractivity contribution >= 4 is 0 Å². The van der Waals surface area contributed by atoms with E-state index in [0.29, 0.717) is 11.7 Å². The van der Waals surface area contributed by atoms with Gasteiger partial charge < -0.3 is 10.2 Å². The van der Waals surface area contributed by atoms with Crippen molar-refractivity contribution in [1.29, 1.82) is 0 Å². The molecule has 1 saturated heterocycles. The normalized spacial score (nSPS) is 18.0. The van der Waals surface area contributed by atoms with E-state index in [0.717, 1.165) is 50.2 Å². The first-order chi connectivity index (χ1) is 12.5. The van der Waals surface area contributed by atoms with Crippen LogP contribution < -0.4 is 5.32 Å². The van der Waals surface area contributed by atoms with Crippen LogP contribution in [0.25, 0.3) is 0 Å². The summed E-state index contributed by atoms with van der Waals surface area (Å²) in [4.78, 5) is 10.9. The van der Waals surface area contributed by atoms with Gasteiger partial charge in [0.05, 0.1) is 23.5 Å². The number of aromatic nitrogens is 2. The maximum Gasteiger partial charge on any atom is 0.416 e. The van der Waals surface area contributed by atoms with Crippen LogP contribution in [0.4, 0.5) is 13.2 Å². The van der Waals surface area contributed by atoms with Gasteiger partial charge >= 0.3 is 6.18 Å². The second-order valence-electron chi connectivity index (χ2n) is 6.56. The summed E-state index contributed by atoms with van der Waals surface area (Å²) < 4.78 is 38.5. The summed E-state index contributed by atoms with van der Waals surface area (Å²) in [6, 6.07) is 5.32. The number of nitrogens with one attached hydrogen (secondary N) is 1. The lowest BCUT2D eigenvalue weighted by Crippen LogP contribution is -2.44. The topological polar surface area (TPSA) is 41.0 Å². The summed E-state index contributed by atoms with van der Waals surface area (Å²) in [6.07, 6.45) is 2.54. The van der Waals surface area contributed by atoms with Gasteiger partial charge in [-0.05, 0) is 50.2 Å². The lowest BCUT2D eigenvalue weighted by atomic mass is 9.98. The maximum absolute atomic E-state index is 12.8. The number of hydrogen-bond donors (Lipinski definition) is 1. The minimum atomic E-state index is -4.33. The quantitative estimate of drug-likeness (QED) is 0.879. The fourth-order valence-corrected chi connectivity index (χ4v) is 3.33. The van der Waals surface area contributed by atoms with Gasteiger partial charge in [0.25, 0.3) is 0 Å². The zero-order valence-electron chi connectivity index (χ0n) is 14.7. The predicted octanol–water partition coefficient (Wildman–Crippen LogP) is 3.66. The molecule has 1 atom stereocenters. The first-order valence-electron chi connectivity index (χ1n) is 8.89. The SMILES string of the molecule is CCN1CCC(NC(c2ccc(C(F)(F)F)cc2)c2cnccn2)CC1. The fourth-order valence-electron chi connectivity index (χ4n) is 3.33. The number of alkyl halides is 3. The third kappa shape index (κ3) is 4.59. The molecule has 0 amide bonds. The highest BCUT2D eigenvalue weighted by Crippen LogP contribution is 2.31. The largest absolute Gasteiger partial charge is 0.416 e. The molecule has 1 aromatic carbocycles. The number of halogens is 3. The molecule has 0 radical (unpaired) electrons. The molecule has 1 fully saturated rings. The van der Waals surface area contributed by atoms with E-state index in [4.69, 9.17) is 0 Å². The number of nitrogens with zero attached hydrogens (tertiary/aromatic N) is 3. The van der Waals surface area contributed by atoms with Crippen LogP contribution in [0.3, 0.4) is 0 Å². The molecular weight excluding hydrogens is 341 g/mol. The molecule has 1 N–H and O–H groups in total. The molecule has 140 valence electrons. The first-order valence-corrected chi connectivity index (χ1v) is 8.89. The van der Waals surface area contributed by atoms with Crippen molar-refractivity contribution < 1.29 is 13.2 Å². The molecule has 2 aromatic rings. The number of benzene rings is 1. The zero-order chi connectivity index (χ0) is 18.6. The first kappa shape index (κ1) is 18.8. The van der Waals surface area contributed by atoms with Crippen molar-refractivity contribution in [3.63, 3.8) is 0 Å². The minimum Gasteiger partial charge on any atom is -0.303 e. The van der Waals surface area contributed by atoms with Gasteiger partial charge in [-0.25, -0.2) is 0 Å². The second kappa shape index (κ2) is 8.14. The van der Waals surface area contributed by atoms with Gasteiger partial charge in [-0.15, -0.1) is 0 Å². The number of piperidine rings is 1. The zero-order valence-corrected chi connectivity index (χ0v) is 14.7. The Morgan fingerprint density at radius 3 is 2.38 bits per heavy atom. The number of rotatable bonds is 5. The van der Waals surface area contributed by atoms with Gasteiger partial charge in [-0.3, -0.25) is 9.97 Å². The number of hydrogen-bond acceptors (Lipinski definition) is 4. The summed E-state index contributed by atoms with van der Waals surface area (Å²) in [5.74, 6) is 0. The van der Waals surface area contributed by atoms with Gasteiger partial charge in [0.15, 0.2) is 0 Å². The molecule has 0 bridgehead atoms. The molecule has 0 saturated carbocycles. The van der Waals surface area contributed by atoms with Crippen LogP contribution in [0.5, 0.6) is 0 Å². The Bertz CT molecular complexity index is 680. The van der Waals surface area contributed by atoms with E-state index in [1.807, 2.05) is 0 Å². The van der Waals surface area contributed by atoms with Gasteiger partial charge in [0, 0.05) is 18.4 Å². The summed E-state index contributed by atoms with van der Waals surface area (Å²) in [5, 5.41) is 3.58. The molecule has 0 aliphatic carbocycles. The fraction of sp³-hybridized carbons (Fsp3) is 0.474. The molecule has 26 heavy (non-hydrogen) atoms. The Hall–Kier alpha value is -1.99. The molecule has 1 unspecified atom stereocenters. The third-order valence-electron chi connectivity index (χ3n) is 4.89.